The Balaban J connectivity index is 1.89. The molecule has 3 heteroatoms. The molecule has 0 amide bonds. The summed E-state index contributed by atoms with van der Waals surface area (Å²) in [5.41, 5.74) is 0. The first-order chi connectivity index (χ1) is 8.85. The molecule has 2 aliphatic rings. The van der Waals surface area contributed by atoms with Crippen molar-refractivity contribution in [2.24, 2.45) is 5.92 Å². The van der Waals surface area contributed by atoms with Gasteiger partial charge in [-0.3, -0.25) is 4.90 Å². The summed E-state index contributed by atoms with van der Waals surface area (Å²) in [4.78, 5) is 2.72. The number of rotatable bonds is 7. The summed E-state index contributed by atoms with van der Waals surface area (Å²) in [5, 5.41) is 3.64. The average Bonchev–Trinajstić information content (AvgIpc) is 3.04. The van der Waals surface area contributed by atoms with E-state index in [4.69, 9.17) is 4.74 Å². The van der Waals surface area contributed by atoms with Crippen LogP contribution in [0.2, 0.25) is 0 Å². The maximum Gasteiger partial charge on any atom is 0.0589 e. The van der Waals surface area contributed by atoms with Gasteiger partial charge >= 0.3 is 0 Å². The number of hydrogen-bond acceptors (Lipinski definition) is 3. The van der Waals surface area contributed by atoms with Gasteiger partial charge in [0.05, 0.1) is 6.61 Å². The van der Waals surface area contributed by atoms with Crippen LogP contribution in [0.25, 0.3) is 0 Å². The van der Waals surface area contributed by atoms with Crippen LogP contribution in [0.3, 0.4) is 0 Å². The number of nitrogens with zero attached hydrogens (tertiary/aromatic N) is 1. The van der Waals surface area contributed by atoms with Crippen LogP contribution in [0.4, 0.5) is 0 Å². The normalized spacial score (nSPS) is 32.5. The Hall–Kier alpha value is -0.120. The lowest BCUT2D eigenvalue weighted by Gasteiger charge is -2.34. The molecule has 1 aliphatic carbocycles. The van der Waals surface area contributed by atoms with Crippen LogP contribution >= 0.6 is 0 Å². The number of hydrogen-bond donors (Lipinski definition) is 1. The third-order valence-electron chi connectivity index (χ3n) is 4.81. The number of methoxy groups -OCH3 is 1. The van der Waals surface area contributed by atoms with Gasteiger partial charge in [0.1, 0.15) is 0 Å². The minimum absolute atomic E-state index is 0.722. The molecular weight excluding hydrogens is 224 g/mol. The lowest BCUT2D eigenvalue weighted by molar-refractivity contribution is 0.0950. The van der Waals surface area contributed by atoms with Crippen LogP contribution < -0.4 is 5.32 Å². The van der Waals surface area contributed by atoms with E-state index in [1.54, 1.807) is 0 Å². The Morgan fingerprint density at radius 3 is 2.78 bits per heavy atom. The highest BCUT2D eigenvalue weighted by molar-refractivity contribution is 4.88. The lowest BCUT2D eigenvalue weighted by Crippen LogP contribution is -2.46. The van der Waals surface area contributed by atoms with E-state index >= 15 is 0 Å². The SMILES string of the molecule is CCC1CCCC1N(CCOC)CC1CCCN1. The topological polar surface area (TPSA) is 24.5 Å². The van der Waals surface area contributed by atoms with Crippen molar-refractivity contribution in [3.8, 4) is 0 Å². The summed E-state index contributed by atoms with van der Waals surface area (Å²) in [6.07, 6.45) is 8.30. The van der Waals surface area contributed by atoms with Crippen molar-refractivity contribution in [1.82, 2.24) is 10.2 Å². The molecule has 2 fully saturated rings. The first-order valence-electron chi connectivity index (χ1n) is 7.81. The Morgan fingerprint density at radius 1 is 1.22 bits per heavy atom. The van der Waals surface area contributed by atoms with Gasteiger partial charge in [-0.15, -0.1) is 0 Å². The van der Waals surface area contributed by atoms with Crippen molar-refractivity contribution in [3.05, 3.63) is 0 Å². The molecule has 3 unspecified atom stereocenters. The highest BCUT2D eigenvalue weighted by Crippen LogP contribution is 2.32. The third-order valence-corrected chi connectivity index (χ3v) is 4.81. The van der Waals surface area contributed by atoms with Crippen LogP contribution in [0, 0.1) is 5.92 Å². The fourth-order valence-electron chi connectivity index (χ4n) is 3.77. The van der Waals surface area contributed by atoms with Crippen molar-refractivity contribution in [3.63, 3.8) is 0 Å². The maximum atomic E-state index is 5.30. The van der Waals surface area contributed by atoms with Gasteiger partial charge in [-0.05, 0) is 38.1 Å². The molecule has 3 atom stereocenters. The molecule has 0 aromatic carbocycles. The molecule has 106 valence electrons. The van der Waals surface area contributed by atoms with Gasteiger partial charge < -0.3 is 10.1 Å². The molecule has 1 saturated heterocycles. The van der Waals surface area contributed by atoms with Crippen LogP contribution in [-0.4, -0.2) is 50.3 Å². The van der Waals surface area contributed by atoms with Crippen molar-refractivity contribution in [1.29, 1.82) is 0 Å². The van der Waals surface area contributed by atoms with Crippen LogP contribution in [-0.2, 0) is 4.74 Å². The van der Waals surface area contributed by atoms with E-state index in [1.165, 1.54) is 51.6 Å². The minimum atomic E-state index is 0.722. The molecule has 0 aromatic heterocycles. The van der Waals surface area contributed by atoms with Gasteiger partial charge in [0.2, 0.25) is 0 Å². The van der Waals surface area contributed by atoms with Crippen molar-refractivity contribution < 1.29 is 4.74 Å². The van der Waals surface area contributed by atoms with Crippen molar-refractivity contribution in [2.45, 2.75) is 57.5 Å². The Morgan fingerprint density at radius 2 is 2.11 bits per heavy atom. The van der Waals surface area contributed by atoms with E-state index in [9.17, 15) is 0 Å². The van der Waals surface area contributed by atoms with Gasteiger partial charge in [0.15, 0.2) is 0 Å². The molecular formula is C15H30N2O. The molecule has 18 heavy (non-hydrogen) atoms. The predicted octanol–water partition coefficient (Wildman–Crippen LogP) is 2.27. The van der Waals surface area contributed by atoms with E-state index in [0.717, 1.165) is 31.2 Å². The van der Waals surface area contributed by atoms with E-state index < -0.39 is 0 Å². The van der Waals surface area contributed by atoms with Gasteiger partial charge in [0, 0.05) is 32.3 Å². The van der Waals surface area contributed by atoms with E-state index in [-0.39, 0.29) is 0 Å². The van der Waals surface area contributed by atoms with Crippen LogP contribution in [0.15, 0.2) is 0 Å². The average molecular weight is 254 g/mol. The van der Waals surface area contributed by atoms with Gasteiger partial charge in [-0.2, -0.15) is 0 Å². The molecule has 1 N–H and O–H groups in total. The molecule has 0 spiro atoms. The van der Waals surface area contributed by atoms with E-state index in [1.807, 2.05) is 7.11 Å². The Labute approximate surface area is 112 Å². The largest absolute Gasteiger partial charge is 0.383 e. The molecule has 0 aromatic rings. The number of ether oxygens (including phenoxy) is 1. The van der Waals surface area contributed by atoms with Gasteiger partial charge in [-0.1, -0.05) is 19.8 Å². The second-order valence-corrected chi connectivity index (χ2v) is 5.95. The minimum Gasteiger partial charge on any atom is -0.383 e. The highest BCUT2D eigenvalue weighted by Gasteiger charge is 2.32. The summed E-state index contributed by atoms with van der Waals surface area (Å²) >= 11 is 0. The molecule has 1 aliphatic heterocycles. The van der Waals surface area contributed by atoms with E-state index in [0.29, 0.717) is 0 Å². The molecule has 0 bridgehead atoms. The molecule has 1 heterocycles. The van der Waals surface area contributed by atoms with E-state index in [2.05, 4.69) is 17.1 Å². The summed E-state index contributed by atoms with van der Waals surface area (Å²) in [6, 6.07) is 1.53. The zero-order valence-corrected chi connectivity index (χ0v) is 12.2. The Bertz CT molecular complexity index is 229. The summed E-state index contributed by atoms with van der Waals surface area (Å²) < 4.78 is 5.30. The lowest BCUT2D eigenvalue weighted by atomic mass is 9.98. The van der Waals surface area contributed by atoms with Crippen LogP contribution in [0.1, 0.15) is 45.4 Å². The zero-order valence-electron chi connectivity index (χ0n) is 12.2. The molecule has 0 radical (unpaired) electrons. The van der Waals surface area contributed by atoms with Gasteiger partial charge in [-0.25, -0.2) is 0 Å². The fraction of sp³-hybridized carbons (Fsp3) is 1.00. The Kier molecular flexibility index (Phi) is 5.93. The maximum absolute atomic E-state index is 5.30. The molecule has 1 saturated carbocycles. The number of nitrogens with one attached hydrogen (secondary N) is 1. The monoisotopic (exact) mass is 254 g/mol. The molecule has 3 nitrogen and oxygen atoms in total. The van der Waals surface area contributed by atoms with Gasteiger partial charge in [0.25, 0.3) is 0 Å². The summed E-state index contributed by atoms with van der Waals surface area (Å²) in [5.74, 6) is 0.920. The fourth-order valence-corrected chi connectivity index (χ4v) is 3.77. The summed E-state index contributed by atoms with van der Waals surface area (Å²) in [7, 11) is 1.82. The first-order valence-corrected chi connectivity index (χ1v) is 7.81. The summed E-state index contributed by atoms with van der Waals surface area (Å²) in [6.45, 7) is 6.77. The smallest absolute Gasteiger partial charge is 0.0589 e. The first kappa shape index (κ1) is 14.3. The van der Waals surface area contributed by atoms with Crippen LogP contribution in [0.5, 0.6) is 0 Å². The quantitative estimate of drug-likeness (QED) is 0.754. The third kappa shape index (κ3) is 3.69. The predicted molar refractivity (Wildman–Crippen MR) is 75.9 cm³/mol. The molecule has 2 rings (SSSR count). The van der Waals surface area contributed by atoms with Crippen molar-refractivity contribution >= 4 is 0 Å². The highest BCUT2D eigenvalue weighted by atomic mass is 16.5. The second kappa shape index (κ2) is 7.46. The van der Waals surface area contributed by atoms with Crippen molar-refractivity contribution in [2.75, 3.05) is 33.4 Å². The second-order valence-electron chi connectivity index (χ2n) is 5.95. The standard InChI is InChI=1S/C15H30N2O/c1-3-13-6-4-8-15(13)17(10-11-18-2)12-14-7-5-9-16-14/h13-16H,3-12H2,1-2H3. The zero-order chi connectivity index (χ0) is 12.8.